The Balaban J connectivity index is 1.64. The van der Waals surface area contributed by atoms with Crippen LogP contribution in [-0.4, -0.2) is 17.3 Å². The molecule has 0 unspecified atom stereocenters. The quantitative estimate of drug-likeness (QED) is 0.434. The van der Waals surface area contributed by atoms with Gasteiger partial charge < -0.3 is 9.26 Å². The van der Waals surface area contributed by atoms with Crippen LogP contribution in [0, 0.1) is 0 Å². The molecule has 0 radical (unpaired) electrons. The largest absolute Gasteiger partial charge is 0.497 e. The van der Waals surface area contributed by atoms with Gasteiger partial charge in [0.2, 0.25) is 0 Å². The van der Waals surface area contributed by atoms with E-state index in [4.69, 9.17) is 25.8 Å². The molecule has 1 aliphatic carbocycles. The number of benzene rings is 2. The van der Waals surface area contributed by atoms with E-state index in [9.17, 15) is 0 Å². The number of fused-ring (bicyclic) bond motifs is 3. The monoisotopic (exact) mass is 394 g/mol. The van der Waals surface area contributed by atoms with E-state index in [1.165, 1.54) is 4.88 Å². The molecule has 27 heavy (non-hydrogen) atoms. The van der Waals surface area contributed by atoms with Gasteiger partial charge in [-0.15, -0.1) is 11.3 Å². The lowest BCUT2D eigenvalue weighted by atomic mass is 9.95. The third-order valence-electron chi connectivity index (χ3n) is 4.74. The Morgan fingerprint density at radius 3 is 2.63 bits per heavy atom. The normalized spacial score (nSPS) is 12.5. The van der Waals surface area contributed by atoms with Gasteiger partial charge in [-0.2, -0.15) is 0 Å². The number of methoxy groups -OCH3 is 1. The van der Waals surface area contributed by atoms with E-state index in [0.29, 0.717) is 5.02 Å². The van der Waals surface area contributed by atoms with Gasteiger partial charge in [0.05, 0.1) is 23.4 Å². The first kappa shape index (κ1) is 16.5. The lowest BCUT2D eigenvalue weighted by Crippen LogP contribution is -2.00. The summed E-state index contributed by atoms with van der Waals surface area (Å²) >= 11 is 8.08. The van der Waals surface area contributed by atoms with Crippen LogP contribution in [0.4, 0.5) is 0 Å². The van der Waals surface area contributed by atoms with E-state index in [0.717, 1.165) is 57.4 Å². The van der Waals surface area contributed by atoms with Gasteiger partial charge in [0.1, 0.15) is 22.2 Å². The Bertz CT molecular complexity index is 1130. The highest BCUT2D eigenvalue weighted by Gasteiger charge is 2.29. The number of ether oxygens (including phenoxy) is 1. The lowest BCUT2D eigenvalue weighted by molar-refractivity contribution is 0.385. The van der Waals surface area contributed by atoms with Gasteiger partial charge in [-0.05, 0) is 36.8 Å². The van der Waals surface area contributed by atoms with Crippen molar-refractivity contribution in [2.75, 3.05) is 7.11 Å². The van der Waals surface area contributed by atoms with Gasteiger partial charge >= 0.3 is 0 Å². The molecule has 134 valence electrons. The van der Waals surface area contributed by atoms with Gasteiger partial charge in [0.15, 0.2) is 0 Å². The van der Waals surface area contributed by atoms with Crippen LogP contribution in [0.1, 0.15) is 10.6 Å². The predicted molar refractivity (Wildman–Crippen MR) is 107 cm³/mol. The zero-order valence-electron chi connectivity index (χ0n) is 14.5. The molecule has 4 aromatic rings. The SMILES string of the molecule is COc1ccc(-c2noc3c2-c2nc(-c4ccccc4Cl)sc2CC3)cc1. The standard InChI is InChI=1S/C21H15ClN2O2S/c1-25-13-8-6-12(7-9-13)19-18-16(26-24-19)10-11-17-20(18)23-21(27-17)14-4-2-3-5-15(14)22/h2-9H,10-11H2,1H3. The zero-order chi connectivity index (χ0) is 18.4. The maximum absolute atomic E-state index is 6.38. The molecule has 2 aromatic carbocycles. The summed E-state index contributed by atoms with van der Waals surface area (Å²) in [5.41, 5.74) is 4.73. The van der Waals surface area contributed by atoms with E-state index in [-0.39, 0.29) is 0 Å². The maximum Gasteiger partial charge on any atom is 0.147 e. The van der Waals surface area contributed by atoms with Crippen LogP contribution in [0.25, 0.3) is 33.1 Å². The molecule has 0 bridgehead atoms. The highest BCUT2D eigenvalue weighted by atomic mass is 35.5. The van der Waals surface area contributed by atoms with Gasteiger partial charge in [0, 0.05) is 22.4 Å². The molecule has 1 aliphatic rings. The Kier molecular flexibility index (Phi) is 3.99. The van der Waals surface area contributed by atoms with Crippen molar-refractivity contribution in [1.29, 1.82) is 0 Å². The summed E-state index contributed by atoms with van der Waals surface area (Å²) in [5.74, 6) is 1.70. The summed E-state index contributed by atoms with van der Waals surface area (Å²) < 4.78 is 10.9. The van der Waals surface area contributed by atoms with Crippen LogP contribution in [0.5, 0.6) is 5.75 Å². The molecule has 0 saturated heterocycles. The van der Waals surface area contributed by atoms with Crippen molar-refractivity contribution in [1.82, 2.24) is 10.1 Å². The number of hydrogen-bond donors (Lipinski definition) is 0. The third-order valence-corrected chi connectivity index (χ3v) is 6.22. The Morgan fingerprint density at radius 2 is 1.85 bits per heavy atom. The third kappa shape index (κ3) is 2.74. The smallest absolute Gasteiger partial charge is 0.147 e. The molecule has 2 heterocycles. The van der Waals surface area contributed by atoms with Crippen molar-refractivity contribution in [3.05, 3.63) is 64.2 Å². The molecular formula is C21H15ClN2O2S. The van der Waals surface area contributed by atoms with Crippen molar-refractivity contribution in [2.45, 2.75) is 12.8 Å². The van der Waals surface area contributed by atoms with Crippen molar-refractivity contribution in [2.24, 2.45) is 0 Å². The average molecular weight is 395 g/mol. The maximum atomic E-state index is 6.38. The number of rotatable bonds is 3. The summed E-state index contributed by atoms with van der Waals surface area (Å²) in [7, 11) is 1.66. The van der Waals surface area contributed by atoms with Crippen LogP contribution < -0.4 is 4.74 Å². The van der Waals surface area contributed by atoms with Crippen molar-refractivity contribution < 1.29 is 9.26 Å². The van der Waals surface area contributed by atoms with Crippen molar-refractivity contribution in [3.63, 3.8) is 0 Å². The van der Waals surface area contributed by atoms with Gasteiger partial charge in [-0.25, -0.2) is 4.98 Å². The molecule has 2 aromatic heterocycles. The van der Waals surface area contributed by atoms with Crippen LogP contribution in [0.3, 0.4) is 0 Å². The fourth-order valence-corrected chi connectivity index (χ4v) is 4.77. The molecule has 0 atom stereocenters. The number of thiazole rings is 1. The van der Waals surface area contributed by atoms with Gasteiger partial charge in [-0.3, -0.25) is 0 Å². The molecule has 0 spiro atoms. The average Bonchev–Trinajstić information content (AvgIpc) is 3.32. The first-order valence-corrected chi connectivity index (χ1v) is 9.82. The van der Waals surface area contributed by atoms with Crippen LogP contribution in [0.2, 0.25) is 5.02 Å². The van der Waals surface area contributed by atoms with Crippen LogP contribution in [-0.2, 0) is 12.8 Å². The minimum absolute atomic E-state index is 0.713. The second-order valence-electron chi connectivity index (χ2n) is 6.33. The second-order valence-corrected chi connectivity index (χ2v) is 7.82. The minimum Gasteiger partial charge on any atom is -0.497 e. The molecule has 0 aliphatic heterocycles. The summed E-state index contributed by atoms with van der Waals surface area (Å²) in [6.45, 7) is 0. The Labute approximate surface area is 165 Å². The molecule has 0 amide bonds. The topological polar surface area (TPSA) is 48.2 Å². The first-order chi connectivity index (χ1) is 13.2. The van der Waals surface area contributed by atoms with Gasteiger partial charge in [0.25, 0.3) is 0 Å². The molecular weight excluding hydrogens is 380 g/mol. The summed E-state index contributed by atoms with van der Waals surface area (Å²) in [6, 6.07) is 15.6. The van der Waals surface area contributed by atoms with Crippen LogP contribution >= 0.6 is 22.9 Å². The number of nitrogens with zero attached hydrogens (tertiary/aromatic N) is 2. The molecule has 0 fully saturated rings. The van der Waals surface area contributed by atoms with Crippen LogP contribution in [0.15, 0.2) is 53.1 Å². The summed E-state index contributed by atoms with van der Waals surface area (Å²) in [4.78, 5) is 6.17. The van der Waals surface area contributed by atoms with E-state index in [1.807, 2.05) is 48.5 Å². The van der Waals surface area contributed by atoms with E-state index in [1.54, 1.807) is 18.4 Å². The molecule has 4 nitrogen and oxygen atoms in total. The molecule has 6 heteroatoms. The van der Waals surface area contributed by atoms with Gasteiger partial charge in [-0.1, -0.05) is 35.0 Å². The highest BCUT2D eigenvalue weighted by Crippen LogP contribution is 2.44. The summed E-state index contributed by atoms with van der Waals surface area (Å²) in [6.07, 6.45) is 1.73. The van der Waals surface area contributed by atoms with E-state index in [2.05, 4.69) is 5.16 Å². The Morgan fingerprint density at radius 1 is 1.04 bits per heavy atom. The highest BCUT2D eigenvalue weighted by molar-refractivity contribution is 7.15. The van der Waals surface area contributed by atoms with E-state index >= 15 is 0 Å². The van der Waals surface area contributed by atoms with E-state index < -0.39 is 0 Å². The number of aromatic nitrogens is 2. The molecule has 5 rings (SSSR count). The second kappa shape index (κ2) is 6.51. The molecule has 0 N–H and O–H groups in total. The minimum atomic E-state index is 0.713. The number of halogens is 1. The zero-order valence-corrected chi connectivity index (χ0v) is 16.1. The lowest BCUT2D eigenvalue weighted by Gasteiger charge is -2.09. The van der Waals surface area contributed by atoms with Crippen molar-refractivity contribution in [3.8, 4) is 38.8 Å². The Hall–Kier alpha value is -2.63. The summed E-state index contributed by atoms with van der Waals surface area (Å²) in [5, 5.41) is 5.99. The number of aryl methyl sites for hydroxylation is 2. The van der Waals surface area contributed by atoms with Crippen molar-refractivity contribution >= 4 is 22.9 Å². The predicted octanol–water partition coefficient (Wildman–Crippen LogP) is 5.89. The number of hydrogen-bond acceptors (Lipinski definition) is 5. The fraction of sp³-hybridized carbons (Fsp3) is 0.143. The first-order valence-electron chi connectivity index (χ1n) is 8.62. The molecule has 0 saturated carbocycles. The fourth-order valence-electron chi connectivity index (χ4n) is 3.38.